The van der Waals surface area contributed by atoms with Crippen molar-refractivity contribution in [2.75, 3.05) is 33.0 Å². The topological polar surface area (TPSA) is 111 Å². The second kappa shape index (κ2) is 9.34. The van der Waals surface area contributed by atoms with Crippen LogP contribution in [0.1, 0.15) is 39.2 Å². The van der Waals surface area contributed by atoms with Crippen molar-refractivity contribution in [2.45, 2.75) is 26.2 Å². The average molecular weight is 474 g/mol. The number of ether oxygens (including phenoxy) is 2. The van der Waals surface area contributed by atoms with Crippen molar-refractivity contribution in [3.8, 4) is 0 Å². The second-order valence-corrected chi connectivity index (χ2v) is 8.77. The van der Waals surface area contributed by atoms with Crippen molar-refractivity contribution < 1.29 is 19.1 Å². The molecule has 2 aliphatic heterocycles. The van der Waals surface area contributed by atoms with Crippen LogP contribution in [0.2, 0.25) is 0 Å². The first kappa shape index (κ1) is 22.8. The molecular formula is C26H27N5O4. The van der Waals surface area contributed by atoms with Gasteiger partial charge in [-0.15, -0.1) is 0 Å². The molecule has 2 amide bonds. The summed E-state index contributed by atoms with van der Waals surface area (Å²) in [6, 6.07) is 9.43. The van der Waals surface area contributed by atoms with Crippen LogP contribution in [0.3, 0.4) is 0 Å². The highest BCUT2D eigenvalue weighted by molar-refractivity contribution is 5.99. The zero-order valence-electron chi connectivity index (χ0n) is 19.8. The number of carbonyl (C=O) groups excluding carboxylic acids is 2. The number of fused-ring (bicyclic) bond motifs is 3. The largest absolute Gasteiger partial charge is 0.453 e. The van der Waals surface area contributed by atoms with E-state index in [0.29, 0.717) is 44.2 Å². The van der Waals surface area contributed by atoms with E-state index in [0.717, 1.165) is 45.3 Å². The molecule has 0 unspecified atom stereocenters. The Hall–Kier alpha value is -3.98. The highest BCUT2D eigenvalue weighted by Crippen LogP contribution is 2.31. The van der Waals surface area contributed by atoms with Crippen molar-refractivity contribution in [3.63, 3.8) is 0 Å². The summed E-state index contributed by atoms with van der Waals surface area (Å²) in [5.41, 5.74) is 12.3. The summed E-state index contributed by atoms with van der Waals surface area (Å²) in [6.07, 6.45) is 4.27. The number of hydrogen-bond donors (Lipinski definition) is 1. The van der Waals surface area contributed by atoms with E-state index in [2.05, 4.69) is 9.97 Å². The predicted octanol–water partition coefficient (Wildman–Crippen LogP) is 3.37. The summed E-state index contributed by atoms with van der Waals surface area (Å²) in [7, 11) is 3.15. The van der Waals surface area contributed by atoms with Crippen LogP contribution in [0.5, 0.6) is 0 Å². The Balaban J connectivity index is 1.28. The van der Waals surface area contributed by atoms with E-state index < -0.39 is 0 Å². The van der Waals surface area contributed by atoms with Gasteiger partial charge in [0.05, 0.1) is 38.1 Å². The number of aromatic nitrogens is 2. The van der Waals surface area contributed by atoms with Crippen molar-refractivity contribution in [1.82, 2.24) is 19.8 Å². The number of nitrogen functional groups attached to an aromatic ring is 1. The van der Waals surface area contributed by atoms with Gasteiger partial charge in [0.1, 0.15) is 5.82 Å². The molecule has 0 atom stereocenters. The summed E-state index contributed by atoms with van der Waals surface area (Å²) in [5.74, 6) is 0.389. The molecule has 0 bridgehead atoms. The Morgan fingerprint density at radius 3 is 2.74 bits per heavy atom. The third kappa shape index (κ3) is 4.42. The molecule has 0 aliphatic carbocycles. The van der Waals surface area contributed by atoms with Crippen LogP contribution in [0.15, 0.2) is 42.6 Å². The lowest BCUT2D eigenvalue weighted by atomic mass is 10.0. The average Bonchev–Trinajstić information content (AvgIpc) is 3.39. The third-order valence-electron chi connectivity index (χ3n) is 6.56. The standard InChI is InChI=1S/C26H27N5O4/c1-30(13-19-5-3-18(12-28-19)16-7-9-31(10-8-16)26(33)34-2)25(32)17-4-6-23-20(11-17)21-14-35-15-22(21)24(27)29-23/h3-7,11-12H,8-10,13-15H2,1-2H3,(H2,27,29). The van der Waals surface area contributed by atoms with Crippen molar-refractivity contribution in [2.24, 2.45) is 0 Å². The number of rotatable bonds is 4. The minimum atomic E-state index is -0.314. The number of nitrogens with two attached hydrogens (primary N) is 1. The number of carbonyl (C=O) groups is 2. The highest BCUT2D eigenvalue weighted by atomic mass is 16.5. The fourth-order valence-electron chi connectivity index (χ4n) is 4.57. The predicted molar refractivity (Wildman–Crippen MR) is 131 cm³/mol. The monoisotopic (exact) mass is 473 g/mol. The first-order valence-electron chi connectivity index (χ1n) is 11.5. The van der Waals surface area contributed by atoms with Gasteiger partial charge in [-0.3, -0.25) is 9.78 Å². The van der Waals surface area contributed by atoms with Gasteiger partial charge in [-0.1, -0.05) is 12.1 Å². The SMILES string of the molecule is COC(=O)N1CC=C(c2ccc(CN(C)C(=O)c3ccc4nc(N)c5c(c4c3)COC5)nc2)CC1. The van der Waals surface area contributed by atoms with Crippen molar-refractivity contribution >= 4 is 34.3 Å². The van der Waals surface area contributed by atoms with Crippen LogP contribution < -0.4 is 5.73 Å². The van der Waals surface area contributed by atoms with E-state index in [1.807, 2.05) is 36.5 Å². The van der Waals surface area contributed by atoms with Crippen LogP contribution in [-0.2, 0) is 29.2 Å². The molecule has 9 heteroatoms. The molecule has 35 heavy (non-hydrogen) atoms. The number of benzene rings is 1. The summed E-state index contributed by atoms with van der Waals surface area (Å²) in [4.78, 5) is 37.1. The minimum absolute atomic E-state index is 0.0971. The van der Waals surface area contributed by atoms with E-state index in [1.54, 1.807) is 22.9 Å². The van der Waals surface area contributed by atoms with Crippen LogP contribution >= 0.6 is 0 Å². The lowest BCUT2D eigenvalue weighted by Gasteiger charge is -2.25. The van der Waals surface area contributed by atoms with Gasteiger partial charge in [0.15, 0.2) is 0 Å². The fraction of sp³-hybridized carbons (Fsp3) is 0.308. The van der Waals surface area contributed by atoms with Gasteiger partial charge < -0.3 is 25.0 Å². The molecule has 0 fully saturated rings. The van der Waals surface area contributed by atoms with Crippen LogP contribution in [0, 0.1) is 0 Å². The molecule has 0 radical (unpaired) electrons. The van der Waals surface area contributed by atoms with Crippen LogP contribution in [-0.4, -0.2) is 59.0 Å². The third-order valence-corrected chi connectivity index (χ3v) is 6.56. The van der Waals surface area contributed by atoms with E-state index in [-0.39, 0.29) is 12.0 Å². The van der Waals surface area contributed by atoms with Crippen molar-refractivity contribution in [3.05, 3.63) is 70.6 Å². The molecule has 5 rings (SSSR count). The number of anilines is 1. The first-order chi connectivity index (χ1) is 16.9. The summed E-state index contributed by atoms with van der Waals surface area (Å²) in [6.45, 7) is 2.43. The number of pyridine rings is 2. The molecule has 0 saturated heterocycles. The molecule has 2 N–H and O–H groups in total. The van der Waals surface area contributed by atoms with Gasteiger partial charge in [0.2, 0.25) is 0 Å². The van der Waals surface area contributed by atoms with E-state index in [9.17, 15) is 9.59 Å². The molecule has 9 nitrogen and oxygen atoms in total. The smallest absolute Gasteiger partial charge is 0.409 e. The molecule has 3 aromatic rings. The number of amides is 2. The van der Waals surface area contributed by atoms with Gasteiger partial charge in [-0.2, -0.15) is 0 Å². The summed E-state index contributed by atoms with van der Waals surface area (Å²) in [5, 5.41) is 0.903. The van der Waals surface area contributed by atoms with Gasteiger partial charge in [0.25, 0.3) is 5.91 Å². The van der Waals surface area contributed by atoms with Gasteiger partial charge >= 0.3 is 6.09 Å². The van der Waals surface area contributed by atoms with Gasteiger partial charge in [-0.05, 0) is 47.4 Å². The second-order valence-electron chi connectivity index (χ2n) is 8.77. The number of methoxy groups -OCH3 is 1. The zero-order chi connectivity index (χ0) is 24.5. The molecule has 180 valence electrons. The Bertz CT molecular complexity index is 1340. The lowest BCUT2D eigenvalue weighted by Crippen LogP contribution is -2.34. The number of hydrogen-bond acceptors (Lipinski definition) is 7. The fourth-order valence-corrected chi connectivity index (χ4v) is 4.57. The number of nitrogens with zero attached hydrogens (tertiary/aromatic N) is 4. The summed E-state index contributed by atoms with van der Waals surface area (Å²) >= 11 is 0. The van der Waals surface area contributed by atoms with Gasteiger partial charge in [0, 0.05) is 42.8 Å². The highest BCUT2D eigenvalue weighted by Gasteiger charge is 2.21. The molecule has 1 aromatic carbocycles. The maximum Gasteiger partial charge on any atom is 0.409 e. The normalized spacial score (nSPS) is 15.0. The molecule has 2 aliphatic rings. The van der Waals surface area contributed by atoms with Crippen molar-refractivity contribution in [1.29, 1.82) is 0 Å². The Morgan fingerprint density at radius 2 is 2.03 bits per heavy atom. The minimum Gasteiger partial charge on any atom is -0.453 e. The van der Waals surface area contributed by atoms with E-state index in [4.69, 9.17) is 15.2 Å². The molecule has 2 aromatic heterocycles. The molecule has 0 saturated carbocycles. The maximum atomic E-state index is 13.2. The van der Waals surface area contributed by atoms with E-state index in [1.165, 1.54) is 7.11 Å². The maximum absolute atomic E-state index is 13.2. The lowest BCUT2D eigenvalue weighted by molar-refractivity contribution is 0.0783. The molecule has 0 spiro atoms. The molecular weight excluding hydrogens is 446 g/mol. The zero-order valence-corrected chi connectivity index (χ0v) is 19.8. The first-order valence-corrected chi connectivity index (χ1v) is 11.5. The summed E-state index contributed by atoms with van der Waals surface area (Å²) < 4.78 is 10.3. The van der Waals surface area contributed by atoms with Gasteiger partial charge in [-0.25, -0.2) is 9.78 Å². The Morgan fingerprint density at radius 1 is 1.20 bits per heavy atom. The van der Waals surface area contributed by atoms with Crippen LogP contribution in [0.4, 0.5) is 10.6 Å². The Kier molecular flexibility index (Phi) is 6.08. The van der Waals surface area contributed by atoms with E-state index >= 15 is 0 Å². The molecule has 4 heterocycles. The quantitative estimate of drug-likeness (QED) is 0.618. The van der Waals surface area contributed by atoms with Crippen LogP contribution in [0.25, 0.3) is 16.5 Å². The Labute approximate surface area is 203 Å².